The number of nitrogens with one attached hydrogen (secondary N) is 1. The van der Waals surface area contributed by atoms with Crippen molar-refractivity contribution in [3.05, 3.63) is 58.9 Å². The van der Waals surface area contributed by atoms with Crippen molar-refractivity contribution in [1.29, 1.82) is 0 Å². The molecule has 0 aliphatic carbocycles. The third kappa shape index (κ3) is 4.46. The zero-order chi connectivity index (χ0) is 15.2. The second-order valence-corrected chi connectivity index (χ2v) is 5.15. The van der Waals surface area contributed by atoms with E-state index in [9.17, 15) is 4.79 Å². The summed E-state index contributed by atoms with van der Waals surface area (Å²) in [6, 6.07) is 10.7. The van der Waals surface area contributed by atoms with Crippen molar-refractivity contribution in [2.45, 2.75) is 19.9 Å². The number of halogens is 1. The lowest BCUT2D eigenvalue weighted by atomic mass is 10.2. The zero-order valence-electron chi connectivity index (χ0n) is 12.0. The van der Waals surface area contributed by atoms with Crippen molar-refractivity contribution in [2.75, 3.05) is 6.61 Å². The fraction of sp³-hybridized carbons (Fsp3) is 0.250. The molecular formula is C16H17ClN2O2. The summed E-state index contributed by atoms with van der Waals surface area (Å²) in [6.45, 7) is 3.73. The molecule has 1 N–H and O–H groups in total. The molecule has 21 heavy (non-hydrogen) atoms. The summed E-state index contributed by atoms with van der Waals surface area (Å²) in [5.74, 6) is 0.429. The molecular weight excluding hydrogens is 288 g/mol. The summed E-state index contributed by atoms with van der Waals surface area (Å²) >= 11 is 5.94. The number of carbonyl (C=O) groups excluding carboxylic acids is 1. The van der Waals surface area contributed by atoms with E-state index in [4.69, 9.17) is 16.3 Å². The predicted molar refractivity (Wildman–Crippen MR) is 82.5 cm³/mol. The monoisotopic (exact) mass is 304 g/mol. The number of hydrogen-bond acceptors (Lipinski definition) is 3. The van der Waals surface area contributed by atoms with E-state index in [0.29, 0.717) is 10.8 Å². The topological polar surface area (TPSA) is 51.2 Å². The van der Waals surface area contributed by atoms with E-state index < -0.39 is 0 Å². The Morgan fingerprint density at radius 1 is 1.38 bits per heavy atom. The van der Waals surface area contributed by atoms with Crippen molar-refractivity contribution in [1.82, 2.24) is 10.3 Å². The van der Waals surface area contributed by atoms with Gasteiger partial charge in [-0.2, -0.15) is 0 Å². The summed E-state index contributed by atoms with van der Waals surface area (Å²) in [5.41, 5.74) is 1.73. The minimum atomic E-state index is -0.194. The summed E-state index contributed by atoms with van der Waals surface area (Å²) in [5, 5.41) is 3.52. The highest BCUT2D eigenvalue weighted by Gasteiger charge is 2.11. The van der Waals surface area contributed by atoms with Crippen molar-refractivity contribution in [2.24, 2.45) is 0 Å². The molecule has 0 spiro atoms. The van der Waals surface area contributed by atoms with Gasteiger partial charge >= 0.3 is 0 Å². The molecule has 0 aliphatic heterocycles. The van der Waals surface area contributed by atoms with Crippen LogP contribution in [-0.2, 0) is 4.79 Å². The number of nitrogens with zero attached hydrogens (tertiary/aromatic N) is 1. The van der Waals surface area contributed by atoms with Gasteiger partial charge in [-0.05, 0) is 49.7 Å². The molecule has 4 nitrogen and oxygen atoms in total. The summed E-state index contributed by atoms with van der Waals surface area (Å²) in [7, 11) is 0. The minimum absolute atomic E-state index is 0.0434. The largest absolute Gasteiger partial charge is 0.484 e. The van der Waals surface area contributed by atoms with Crippen LogP contribution in [-0.4, -0.2) is 17.5 Å². The van der Waals surface area contributed by atoms with Gasteiger partial charge in [-0.25, -0.2) is 0 Å². The highest BCUT2D eigenvalue weighted by Crippen LogP contribution is 2.20. The van der Waals surface area contributed by atoms with Gasteiger partial charge in [0, 0.05) is 11.2 Å². The molecule has 0 aliphatic rings. The number of aryl methyl sites for hydroxylation is 1. The molecule has 0 radical (unpaired) electrons. The van der Waals surface area contributed by atoms with Crippen LogP contribution in [0.15, 0.2) is 42.6 Å². The molecule has 1 aromatic heterocycles. The first-order chi connectivity index (χ1) is 10.1. The van der Waals surface area contributed by atoms with E-state index in [0.717, 1.165) is 11.3 Å². The van der Waals surface area contributed by atoms with Gasteiger partial charge in [0.15, 0.2) is 6.61 Å². The number of pyridine rings is 1. The molecule has 1 aromatic carbocycles. The number of benzene rings is 1. The van der Waals surface area contributed by atoms with Crippen LogP contribution in [0.25, 0.3) is 0 Å². The lowest BCUT2D eigenvalue weighted by Crippen LogP contribution is -2.31. The minimum Gasteiger partial charge on any atom is -0.484 e. The maximum atomic E-state index is 11.9. The van der Waals surface area contributed by atoms with Gasteiger partial charge < -0.3 is 10.1 Å². The van der Waals surface area contributed by atoms with Crippen LogP contribution in [0.5, 0.6) is 5.75 Å². The Kier molecular flexibility index (Phi) is 5.17. The molecule has 1 atom stereocenters. The van der Waals surface area contributed by atoms with Gasteiger partial charge in [0.05, 0.1) is 11.7 Å². The van der Waals surface area contributed by atoms with Gasteiger partial charge in [0.25, 0.3) is 5.91 Å². The first-order valence-corrected chi connectivity index (χ1v) is 7.03. The molecule has 0 bridgehead atoms. The molecule has 0 saturated heterocycles. The predicted octanol–water partition coefficient (Wildman–Crippen LogP) is 3.30. The highest BCUT2D eigenvalue weighted by molar-refractivity contribution is 6.31. The zero-order valence-corrected chi connectivity index (χ0v) is 12.7. The Bertz CT molecular complexity index is 617. The average Bonchev–Trinajstić information content (AvgIpc) is 2.49. The second-order valence-electron chi connectivity index (χ2n) is 4.74. The fourth-order valence-corrected chi connectivity index (χ4v) is 1.96. The number of hydrogen-bond donors (Lipinski definition) is 1. The van der Waals surface area contributed by atoms with Gasteiger partial charge in [0.2, 0.25) is 0 Å². The Morgan fingerprint density at radius 3 is 2.86 bits per heavy atom. The summed E-state index contributed by atoms with van der Waals surface area (Å²) in [6.07, 6.45) is 1.70. The average molecular weight is 305 g/mol. The molecule has 2 aromatic rings. The van der Waals surface area contributed by atoms with E-state index in [2.05, 4.69) is 10.3 Å². The molecule has 2 rings (SSSR count). The maximum absolute atomic E-state index is 11.9. The molecule has 1 amide bonds. The van der Waals surface area contributed by atoms with E-state index in [-0.39, 0.29) is 18.6 Å². The van der Waals surface area contributed by atoms with Gasteiger partial charge in [-0.3, -0.25) is 9.78 Å². The Hall–Kier alpha value is -2.07. The SMILES string of the molecule is Cc1cc(OCC(=O)NC(C)c2ccccn2)ccc1Cl. The molecule has 110 valence electrons. The first kappa shape index (κ1) is 15.3. The Labute approximate surface area is 129 Å². The number of aromatic nitrogens is 1. The second kappa shape index (κ2) is 7.09. The Morgan fingerprint density at radius 2 is 2.19 bits per heavy atom. The fourth-order valence-electron chi connectivity index (χ4n) is 1.85. The van der Waals surface area contributed by atoms with Crippen LogP contribution in [0.1, 0.15) is 24.2 Å². The van der Waals surface area contributed by atoms with Crippen LogP contribution < -0.4 is 10.1 Å². The number of ether oxygens (including phenoxy) is 1. The highest BCUT2D eigenvalue weighted by atomic mass is 35.5. The summed E-state index contributed by atoms with van der Waals surface area (Å²) < 4.78 is 5.45. The molecule has 1 heterocycles. The van der Waals surface area contributed by atoms with Crippen LogP contribution in [0.3, 0.4) is 0 Å². The normalized spacial score (nSPS) is 11.8. The smallest absolute Gasteiger partial charge is 0.258 e. The van der Waals surface area contributed by atoms with E-state index in [1.807, 2.05) is 32.0 Å². The van der Waals surface area contributed by atoms with Crippen molar-refractivity contribution in [3.8, 4) is 5.75 Å². The van der Waals surface area contributed by atoms with E-state index in [1.165, 1.54) is 0 Å². The third-order valence-electron chi connectivity index (χ3n) is 3.01. The van der Waals surface area contributed by atoms with Crippen LogP contribution in [0, 0.1) is 6.92 Å². The van der Waals surface area contributed by atoms with Gasteiger partial charge in [0.1, 0.15) is 5.75 Å². The van der Waals surface area contributed by atoms with Crippen molar-refractivity contribution in [3.63, 3.8) is 0 Å². The van der Waals surface area contributed by atoms with Gasteiger partial charge in [-0.1, -0.05) is 17.7 Å². The molecule has 5 heteroatoms. The first-order valence-electron chi connectivity index (χ1n) is 6.65. The number of carbonyl (C=O) groups is 1. The lowest BCUT2D eigenvalue weighted by molar-refractivity contribution is -0.123. The lowest BCUT2D eigenvalue weighted by Gasteiger charge is -2.14. The molecule has 0 saturated carbocycles. The van der Waals surface area contributed by atoms with Gasteiger partial charge in [-0.15, -0.1) is 0 Å². The Balaban J connectivity index is 1.86. The number of rotatable bonds is 5. The van der Waals surface area contributed by atoms with E-state index >= 15 is 0 Å². The quantitative estimate of drug-likeness (QED) is 0.922. The van der Waals surface area contributed by atoms with Crippen LogP contribution in [0.2, 0.25) is 5.02 Å². The van der Waals surface area contributed by atoms with E-state index in [1.54, 1.807) is 24.4 Å². The van der Waals surface area contributed by atoms with Crippen molar-refractivity contribution < 1.29 is 9.53 Å². The van der Waals surface area contributed by atoms with Crippen LogP contribution in [0.4, 0.5) is 0 Å². The number of amides is 1. The van der Waals surface area contributed by atoms with Crippen molar-refractivity contribution >= 4 is 17.5 Å². The molecule has 1 unspecified atom stereocenters. The standard InChI is InChI=1S/C16H17ClN2O2/c1-11-9-13(6-7-14(11)17)21-10-16(20)19-12(2)15-5-3-4-8-18-15/h3-9,12H,10H2,1-2H3,(H,19,20). The third-order valence-corrected chi connectivity index (χ3v) is 3.43. The summed E-state index contributed by atoms with van der Waals surface area (Å²) in [4.78, 5) is 16.1. The molecule has 0 fully saturated rings. The maximum Gasteiger partial charge on any atom is 0.258 e. The van der Waals surface area contributed by atoms with Crippen LogP contribution >= 0.6 is 11.6 Å².